The minimum Gasteiger partial charge on any atom is -0.321 e. The SMILES string of the molecule is O=C(Nc1ccc(Br)cc1)c1c(-c2ccccc2)nc2n1CCS2(=O)=O. The minimum absolute atomic E-state index is 0.0387. The van der Waals surface area contributed by atoms with Gasteiger partial charge in [-0.15, -0.1) is 0 Å². The summed E-state index contributed by atoms with van der Waals surface area (Å²) >= 11 is 3.35. The van der Waals surface area contributed by atoms with Gasteiger partial charge in [-0.3, -0.25) is 4.79 Å². The summed E-state index contributed by atoms with van der Waals surface area (Å²) in [7, 11) is -3.46. The molecule has 26 heavy (non-hydrogen) atoms. The van der Waals surface area contributed by atoms with Gasteiger partial charge in [0.15, 0.2) is 0 Å². The first kappa shape index (κ1) is 17.0. The zero-order valence-corrected chi connectivity index (χ0v) is 15.9. The van der Waals surface area contributed by atoms with Crippen LogP contribution in [0, 0.1) is 0 Å². The molecule has 1 aliphatic rings. The van der Waals surface area contributed by atoms with Crippen molar-refractivity contribution < 1.29 is 13.2 Å². The number of hydrogen-bond acceptors (Lipinski definition) is 4. The van der Waals surface area contributed by atoms with Crippen LogP contribution in [0.25, 0.3) is 11.3 Å². The number of nitrogens with one attached hydrogen (secondary N) is 1. The number of carbonyl (C=O) groups excluding carboxylic acids is 1. The Morgan fingerprint density at radius 3 is 2.46 bits per heavy atom. The number of carbonyl (C=O) groups is 1. The standard InChI is InChI=1S/C18H14BrN3O3S/c19-13-6-8-14(9-7-13)20-17(23)16-15(12-4-2-1-3-5-12)21-18-22(16)10-11-26(18,24)25/h1-9H,10-11H2,(H,20,23). The highest BCUT2D eigenvalue weighted by atomic mass is 79.9. The van der Waals surface area contributed by atoms with Crippen molar-refractivity contribution in [3.05, 3.63) is 64.8 Å². The number of halogens is 1. The molecule has 0 unspecified atom stereocenters. The van der Waals surface area contributed by atoms with E-state index < -0.39 is 9.84 Å². The monoisotopic (exact) mass is 431 g/mol. The van der Waals surface area contributed by atoms with E-state index in [2.05, 4.69) is 26.2 Å². The number of aromatic nitrogens is 2. The lowest BCUT2D eigenvalue weighted by atomic mass is 10.1. The van der Waals surface area contributed by atoms with E-state index in [1.807, 2.05) is 30.3 Å². The lowest BCUT2D eigenvalue weighted by Crippen LogP contribution is -2.17. The van der Waals surface area contributed by atoms with Crippen LogP contribution in [0.15, 0.2) is 64.2 Å². The van der Waals surface area contributed by atoms with E-state index in [1.165, 1.54) is 4.57 Å². The van der Waals surface area contributed by atoms with Gasteiger partial charge in [-0.25, -0.2) is 13.4 Å². The third-order valence-electron chi connectivity index (χ3n) is 4.16. The Balaban J connectivity index is 1.81. The van der Waals surface area contributed by atoms with Crippen LogP contribution in [0.5, 0.6) is 0 Å². The molecule has 0 saturated carbocycles. The Hall–Kier alpha value is -2.45. The average Bonchev–Trinajstić information content (AvgIpc) is 3.16. The third kappa shape index (κ3) is 2.95. The molecule has 0 fully saturated rings. The Morgan fingerprint density at radius 2 is 1.77 bits per heavy atom. The number of anilines is 1. The highest BCUT2D eigenvalue weighted by Crippen LogP contribution is 2.30. The fraction of sp³-hybridized carbons (Fsp3) is 0.111. The van der Waals surface area contributed by atoms with Crippen LogP contribution >= 0.6 is 15.9 Å². The van der Waals surface area contributed by atoms with Gasteiger partial charge in [0.2, 0.25) is 15.0 Å². The smallest absolute Gasteiger partial charge is 0.274 e. The van der Waals surface area contributed by atoms with E-state index in [0.717, 1.165) is 4.47 Å². The van der Waals surface area contributed by atoms with Crippen LogP contribution < -0.4 is 5.32 Å². The molecule has 132 valence electrons. The number of hydrogen-bond donors (Lipinski definition) is 1. The molecule has 0 spiro atoms. The number of benzene rings is 2. The van der Waals surface area contributed by atoms with E-state index >= 15 is 0 Å². The lowest BCUT2D eigenvalue weighted by molar-refractivity contribution is 0.101. The molecule has 2 aromatic carbocycles. The summed E-state index contributed by atoms with van der Waals surface area (Å²) in [6, 6.07) is 16.3. The molecule has 0 saturated heterocycles. The van der Waals surface area contributed by atoms with Gasteiger partial charge < -0.3 is 9.88 Å². The van der Waals surface area contributed by atoms with Gasteiger partial charge in [-0.2, -0.15) is 0 Å². The van der Waals surface area contributed by atoms with Crippen LogP contribution in [0.3, 0.4) is 0 Å². The lowest BCUT2D eigenvalue weighted by Gasteiger charge is -2.09. The fourth-order valence-corrected chi connectivity index (χ4v) is 4.55. The van der Waals surface area contributed by atoms with E-state index in [4.69, 9.17) is 0 Å². The molecule has 0 aliphatic carbocycles. The van der Waals surface area contributed by atoms with E-state index in [1.54, 1.807) is 24.3 Å². The van der Waals surface area contributed by atoms with Crippen molar-refractivity contribution in [3.8, 4) is 11.3 Å². The first-order chi connectivity index (χ1) is 12.5. The molecule has 0 radical (unpaired) electrons. The van der Waals surface area contributed by atoms with Crippen molar-refractivity contribution in [2.75, 3.05) is 11.1 Å². The Bertz CT molecular complexity index is 1090. The summed E-state index contributed by atoms with van der Waals surface area (Å²) in [5.74, 6) is -0.426. The number of nitrogens with zero attached hydrogens (tertiary/aromatic N) is 2. The maximum Gasteiger partial charge on any atom is 0.274 e. The molecule has 1 N–H and O–H groups in total. The molecule has 1 aliphatic heterocycles. The highest BCUT2D eigenvalue weighted by molar-refractivity contribution is 9.10. The van der Waals surface area contributed by atoms with Crippen molar-refractivity contribution in [1.29, 1.82) is 0 Å². The molecule has 1 aromatic heterocycles. The zero-order valence-electron chi connectivity index (χ0n) is 13.5. The number of rotatable bonds is 3. The molecule has 1 amide bonds. The summed E-state index contributed by atoms with van der Waals surface area (Å²) in [6.07, 6.45) is 0. The van der Waals surface area contributed by atoms with Gasteiger partial charge in [-0.1, -0.05) is 46.3 Å². The maximum atomic E-state index is 12.9. The average molecular weight is 432 g/mol. The molecule has 2 heterocycles. The van der Waals surface area contributed by atoms with Gasteiger partial charge in [0.1, 0.15) is 11.4 Å². The third-order valence-corrected chi connectivity index (χ3v) is 6.28. The predicted octanol–water partition coefficient (Wildman–Crippen LogP) is 3.35. The van der Waals surface area contributed by atoms with Crippen molar-refractivity contribution in [2.45, 2.75) is 11.7 Å². The maximum absolute atomic E-state index is 12.9. The van der Waals surface area contributed by atoms with Crippen molar-refractivity contribution in [3.63, 3.8) is 0 Å². The van der Waals surface area contributed by atoms with E-state index in [9.17, 15) is 13.2 Å². The second-order valence-corrected chi connectivity index (χ2v) is 8.81. The minimum atomic E-state index is -3.46. The topological polar surface area (TPSA) is 81.1 Å². The van der Waals surface area contributed by atoms with E-state index in [-0.39, 0.29) is 29.1 Å². The zero-order chi connectivity index (χ0) is 18.3. The first-order valence-corrected chi connectivity index (χ1v) is 10.4. The van der Waals surface area contributed by atoms with Gasteiger partial charge in [0.25, 0.3) is 5.91 Å². The number of sulfone groups is 1. The molecule has 0 atom stereocenters. The van der Waals surface area contributed by atoms with Gasteiger partial charge in [0.05, 0.1) is 5.75 Å². The number of amides is 1. The fourth-order valence-electron chi connectivity index (χ4n) is 2.93. The van der Waals surface area contributed by atoms with Gasteiger partial charge in [0, 0.05) is 22.3 Å². The quantitative estimate of drug-likeness (QED) is 0.689. The molecule has 0 bridgehead atoms. The molecule has 6 nitrogen and oxygen atoms in total. The summed E-state index contributed by atoms with van der Waals surface area (Å²) in [4.78, 5) is 17.2. The van der Waals surface area contributed by atoms with Crippen molar-refractivity contribution >= 4 is 37.4 Å². The molecular formula is C18H14BrN3O3S. The van der Waals surface area contributed by atoms with Gasteiger partial charge >= 0.3 is 0 Å². The van der Waals surface area contributed by atoms with Crippen LogP contribution in [0.4, 0.5) is 5.69 Å². The summed E-state index contributed by atoms with van der Waals surface area (Å²) in [5.41, 5.74) is 1.95. The Kier molecular flexibility index (Phi) is 4.16. The van der Waals surface area contributed by atoms with E-state index in [0.29, 0.717) is 16.9 Å². The second-order valence-electron chi connectivity index (χ2n) is 5.89. The molecular weight excluding hydrogens is 418 g/mol. The number of fused-ring (bicyclic) bond motifs is 1. The summed E-state index contributed by atoms with van der Waals surface area (Å²) < 4.78 is 26.9. The van der Waals surface area contributed by atoms with Crippen molar-refractivity contribution in [2.24, 2.45) is 0 Å². The van der Waals surface area contributed by atoms with Crippen LogP contribution in [0.2, 0.25) is 0 Å². The van der Waals surface area contributed by atoms with Crippen LogP contribution in [0.1, 0.15) is 10.5 Å². The number of imidazole rings is 1. The largest absolute Gasteiger partial charge is 0.321 e. The highest BCUT2D eigenvalue weighted by Gasteiger charge is 2.35. The second kappa shape index (κ2) is 6.37. The van der Waals surface area contributed by atoms with Gasteiger partial charge in [-0.05, 0) is 24.3 Å². The Labute approximate surface area is 158 Å². The molecule has 4 rings (SSSR count). The molecule has 3 aromatic rings. The summed E-state index contributed by atoms with van der Waals surface area (Å²) in [6.45, 7) is 0.223. The molecule has 8 heteroatoms. The summed E-state index contributed by atoms with van der Waals surface area (Å²) in [5, 5.41) is 2.78. The first-order valence-electron chi connectivity index (χ1n) is 7.91. The normalized spacial score (nSPS) is 14.8. The predicted molar refractivity (Wildman–Crippen MR) is 102 cm³/mol. The van der Waals surface area contributed by atoms with Crippen LogP contribution in [-0.2, 0) is 16.4 Å². The van der Waals surface area contributed by atoms with Crippen molar-refractivity contribution in [1.82, 2.24) is 9.55 Å². The Morgan fingerprint density at radius 1 is 1.08 bits per heavy atom. The van der Waals surface area contributed by atoms with Crippen LogP contribution in [-0.4, -0.2) is 29.6 Å².